The van der Waals surface area contributed by atoms with Crippen molar-refractivity contribution in [1.29, 1.82) is 0 Å². The summed E-state index contributed by atoms with van der Waals surface area (Å²) in [4.78, 5) is 36.6. The molecule has 0 aliphatic carbocycles. The number of benzene rings is 3. The lowest BCUT2D eigenvalue weighted by Crippen LogP contribution is -2.32. The lowest BCUT2D eigenvalue weighted by atomic mass is 10.2. The zero-order chi connectivity index (χ0) is 25.2. The average molecular weight is 476 g/mol. The minimum Gasteiger partial charge on any atom is -0.497 e. The van der Waals surface area contributed by atoms with Gasteiger partial charge in [0.05, 0.1) is 25.5 Å². The second-order valence-corrected chi connectivity index (χ2v) is 7.23. The van der Waals surface area contributed by atoms with Crippen LogP contribution in [0.2, 0.25) is 0 Å². The Hall–Kier alpha value is -4.66. The van der Waals surface area contributed by atoms with Crippen molar-refractivity contribution < 1.29 is 28.6 Å². The Bertz CT molecular complexity index is 1240. The second-order valence-electron chi connectivity index (χ2n) is 7.23. The topological polar surface area (TPSA) is 115 Å². The average Bonchev–Trinajstić information content (AvgIpc) is 2.87. The molecule has 0 aliphatic heterocycles. The molecule has 9 nitrogen and oxygen atoms in total. The molecule has 0 aliphatic rings. The van der Waals surface area contributed by atoms with Gasteiger partial charge in [0.25, 0.3) is 0 Å². The predicted octanol–water partition coefficient (Wildman–Crippen LogP) is 3.71. The van der Waals surface area contributed by atoms with Crippen LogP contribution in [0.25, 0.3) is 0 Å². The number of carbonyl (C=O) groups excluding carboxylic acids is 3. The first kappa shape index (κ1) is 25.0. The van der Waals surface area contributed by atoms with Crippen molar-refractivity contribution in [3.8, 4) is 17.2 Å². The summed E-state index contributed by atoms with van der Waals surface area (Å²) < 4.78 is 16.2. The first-order valence-electron chi connectivity index (χ1n) is 10.7. The minimum atomic E-state index is -0.917. The Labute approximate surface area is 202 Å². The molecule has 0 spiro atoms. The lowest BCUT2D eigenvalue weighted by Gasteiger charge is -2.11. The van der Waals surface area contributed by atoms with E-state index >= 15 is 0 Å². The number of nitrogens with zero attached hydrogens (tertiary/aromatic N) is 1. The summed E-state index contributed by atoms with van der Waals surface area (Å²) in [6.07, 6.45) is 1.34. The second kappa shape index (κ2) is 12.0. The number of para-hydroxylation sites is 1. The molecule has 0 aromatic heterocycles. The van der Waals surface area contributed by atoms with Crippen molar-refractivity contribution in [2.75, 3.05) is 19.0 Å². The van der Waals surface area contributed by atoms with Gasteiger partial charge in [-0.3, -0.25) is 9.59 Å². The number of hydrogen-bond donors (Lipinski definition) is 2. The number of hydrazone groups is 1. The van der Waals surface area contributed by atoms with Crippen molar-refractivity contribution in [1.82, 2.24) is 5.43 Å². The van der Waals surface area contributed by atoms with Crippen LogP contribution in [0.1, 0.15) is 28.4 Å². The maximum absolute atomic E-state index is 12.5. The summed E-state index contributed by atoms with van der Waals surface area (Å²) in [6, 6.07) is 18.4. The van der Waals surface area contributed by atoms with Crippen LogP contribution in [0.4, 0.5) is 5.69 Å². The van der Waals surface area contributed by atoms with E-state index in [1.165, 1.54) is 13.3 Å². The number of aryl methyl sites for hydroxylation is 1. The Morgan fingerprint density at radius 2 is 1.69 bits per heavy atom. The van der Waals surface area contributed by atoms with Crippen LogP contribution in [0, 0.1) is 6.92 Å². The summed E-state index contributed by atoms with van der Waals surface area (Å²) in [5, 5.41) is 6.35. The van der Waals surface area contributed by atoms with Gasteiger partial charge in [0.1, 0.15) is 5.75 Å². The zero-order valence-corrected chi connectivity index (χ0v) is 19.5. The van der Waals surface area contributed by atoms with Gasteiger partial charge < -0.3 is 19.5 Å². The van der Waals surface area contributed by atoms with Crippen molar-refractivity contribution >= 4 is 29.7 Å². The molecule has 3 aromatic carbocycles. The smallest absolute Gasteiger partial charge is 0.343 e. The molecule has 9 heteroatoms. The molecule has 0 unspecified atom stereocenters. The molecule has 180 valence electrons. The van der Waals surface area contributed by atoms with E-state index in [2.05, 4.69) is 15.8 Å². The van der Waals surface area contributed by atoms with E-state index in [1.54, 1.807) is 61.5 Å². The molecule has 0 radical (unpaired) electrons. The van der Waals surface area contributed by atoms with Crippen LogP contribution in [-0.4, -0.2) is 37.7 Å². The summed E-state index contributed by atoms with van der Waals surface area (Å²) in [5.41, 5.74) is 4.45. The highest BCUT2D eigenvalue weighted by molar-refractivity contribution is 6.39. The molecular formula is C26H25N3O6. The number of carbonyl (C=O) groups is 3. The predicted molar refractivity (Wildman–Crippen MR) is 131 cm³/mol. The maximum Gasteiger partial charge on any atom is 0.343 e. The van der Waals surface area contributed by atoms with Gasteiger partial charge in [-0.1, -0.05) is 18.2 Å². The van der Waals surface area contributed by atoms with Gasteiger partial charge in [0.15, 0.2) is 11.5 Å². The molecule has 3 aromatic rings. The van der Waals surface area contributed by atoms with Gasteiger partial charge in [-0.25, -0.2) is 10.2 Å². The van der Waals surface area contributed by atoms with Crippen molar-refractivity contribution in [3.05, 3.63) is 83.4 Å². The van der Waals surface area contributed by atoms with Gasteiger partial charge in [0.2, 0.25) is 0 Å². The Morgan fingerprint density at radius 1 is 0.943 bits per heavy atom. The van der Waals surface area contributed by atoms with Gasteiger partial charge in [-0.05, 0) is 73.5 Å². The number of hydrogen-bond acceptors (Lipinski definition) is 7. The van der Waals surface area contributed by atoms with Crippen LogP contribution in [0.15, 0.2) is 71.8 Å². The molecule has 2 N–H and O–H groups in total. The molecule has 35 heavy (non-hydrogen) atoms. The standard InChI is InChI=1S/C26H25N3O6/c1-4-34-23-15-18(9-14-22(23)35-26(32)19-10-12-20(33-3)13-11-19)16-27-29-25(31)24(30)28-21-8-6-5-7-17(21)2/h5-16H,4H2,1-3H3,(H,28,30)(H,29,31)/b27-16-. The Balaban J connectivity index is 1.64. The number of amides is 2. The zero-order valence-electron chi connectivity index (χ0n) is 19.5. The third-order valence-corrected chi connectivity index (χ3v) is 4.78. The number of ether oxygens (including phenoxy) is 3. The Kier molecular flexibility index (Phi) is 8.55. The fourth-order valence-electron chi connectivity index (χ4n) is 2.95. The van der Waals surface area contributed by atoms with Crippen LogP contribution in [0.5, 0.6) is 17.2 Å². The minimum absolute atomic E-state index is 0.228. The van der Waals surface area contributed by atoms with Crippen molar-refractivity contribution in [2.24, 2.45) is 5.10 Å². The van der Waals surface area contributed by atoms with Crippen LogP contribution in [0.3, 0.4) is 0 Å². The normalized spacial score (nSPS) is 10.5. The largest absolute Gasteiger partial charge is 0.497 e. The highest BCUT2D eigenvalue weighted by atomic mass is 16.6. The fraction of sp³-hybridized carbons (Fsp3) is 0.154. The molecule has 2 amide bonds. The lowest BCUT2D eigenvalue weighted by molar-refractivity contribution is -0.136. The highest BCUT2D eigenvalue weighted by Gasteiger charge is 2.15. The third-order valence-electron chi connectivity index (χ3n) is 4.78. The van der Waals surface area contributed by atoms with E-state index < -0.39 is 17.8 Å². The number of nitrogens with one attached hydrogen (secondary N) is 2. The summed E-state index contributed by atoms with van der Waals surface area (Å²) in [5.74, 6) is -1.14. The van der Waals surface area contributed by atoms with Crippen LogP contribution in [-0.2, 0) is 9.59 Å². The molecule has 0 saturated heterocycles. The van der Waals surface area contributed by atoms with E-state index in [1.807, 2.05) is 19.1 Å². The molecular weight excluding hydrogens is 450 g/mol. The van der Waals surface area contributed by atoms with E-state index in [9.17, 15) is 14.4 Å². The molecule has 0 fully saturated rings. The summed E-state index contributed by atoms with van der Waals surface area (Å²) in [6.45, 7) is 3.95. The highest BCUT2D eigenvalue weighted by Crippen LogP contribution is 2.29. The van der Waals surface area contributed by atoms with E-state index in [0.717, 1.165) is 5.56 Å². The molecule has 3 rings (SSSR count). The van der Waals surface area contributed by atoms with Crippen molar-refractivity contribution in [2.45, 2.75) is 13.8 Å². The van der Waals surface area contributed by atoms with E-state index in [0.29, 0.717) is 34.9 Å². The number of rotatable bonds is 8. The van der Waals surface area contributed by atoms with E-state index in [4.69, 9.17) is 14.2 Å². The quantitative estimate of drug-likeness (QED) is 0.169. The molecule has 0 saturated carbocycles. The van der Waals surface area contributed by atoms with Gasteiger partial charge >= 0.3 is 17.8 Å². The number of anilines is 1. The summed E-state index contributed by atoms with van der Waals surface area (Å²) >= 11 is 0. The van der Waals surface area contributed by atoms with E-state index in [-0.39, 0.29) is 5.75 Å². The number of esters is 1. The monoisotopic (exact) mass is 475 g/mol. The van der Waals surface area contributed by atoms with Crippen molar-refractivity contribution in [3.63, 3.8) is 0 Å². The van der Waals surface area contributed by atoms with Gasteiger partial charge in [-0.2, -0.15) is 5.10 Å². The molecule has 0 bridgehead atoms. The van der Waals surface area contributed by atoms with Crippen LogP contribution >= 0.6 is 0 Å². The first-order chi connectivity index (χ1) is 16.9. The number of methoxy groups -OCH3 is 1. The Morgan fingerprint density at radius 3 is 2.37 bits per heavy atom. The maximum atomic E-state index is 12.5. The first-order valence-corrected chi connectivity index (χ1v) is 10.7. The van der Waals surface area contributed by atoms with Crippen LogP contribution < -0.4 is 25.0 Å². The van der Waals surface area contributed by atoms with Gasteiger partial charge in [0, 0.05) is 5.69 Å². The van der Waals surface area contributed by atoms with Gasteiger partial charge in [-0.15, -0.1) is 0 Å². The summed E-state index contributed by atoms with van der Waals surface area (Å²) in [7, 11) is 1.54. The molecule has 0 heterocycles. The SMILES string of the molecule is CCOc1cc(/C=N\NC(=O)C(=O)Nc2ccccc2C)ccc1OC(=O)c1ccc(OC)cc1. The molecule has 0 atom stereocenters. The third kappa shape index (κ3) is 6.91. The fourth-order valence-corrected chi connectivity index (χ4v) is 2.95.